The number of hydrogen-bond donors (Lipinski definition) is 0. The van der Waals surface area contributed by atoms with Crippen molar-refractivity contribution in [2.24, 2.45) is 0 Å². The fraction of sp³-hybridized carbons (Fsp3) is 0.600. The largest absolute Gasteiger partial charge is 0.372 e. The van der Waals surface area contributed by atoms with Gasteiger partial charge < -0.3 is 4.90 Å². The van der Waals surface area contributed by atoms with Crippen molar-refractivity contribution in [1.82, 2.24) is 0 Å². The third-order valence-electron chi connectivity index (χ3n) is 4.00. The molecule has 0 amide bonds. The number of hydrogen-bond acceptors (Lipinski definition) is 1. The lowest BCUT2D eigenvalue weighted by atomic mass is 9.94. The number of anilines is 1. The van der Waals surface area contributed by atoms with E-state index in [1.807, 2.05) is 0 Å². The zero-order valence-electron chi connectivity index (χ0n) is 10.9. The van der Waals surface area contributed by atoms with Crippen molar-refractivity contribution >= 4 is 21.6 Å². The highest BCUT2D eigenvalue weighted by molar-refractivity contribution is 9.08. The van der Waals surface area contributed by atoms with Gasteiger partial charge in [0.2, 0.25) is 0 Å². The molecule has 94 valence electrons. The van der Waals surface area contributed by atoms with Crippen molar-refractivity contribution in [3.63, 3.8) is 0 Å². The van der Waals surface area contributed by atoms with Gasteiger partial charge >= 0.3 is 0 Å². The van der Waals surface area contributed by atoms with E-state index in [1.54, 1.807) is 0 Å². The van der Waals surface area contributed by atoms with Crippen LogP contribution in [0.3, 0.4) is 0 Å². The Balaban J connectivity index is 2.12. The van der Waals surface area contributed by atoms with Crippen LogP contribution in [-0.4, -0.2) is 13.1 Å². The van der Waals surface area contributed by atoms with Crippen LogP contribution in [0.15, 0.2) is 18.2 Å². The summed E-state index contributed by atoms with van der Waals surface area (Å²) in [6.07, 6.45) is 6.93. The van der Waals surface area contributed by atoms with E-state index in [0.29, 0.717) is 0 Å². The Morgan fingerprint density at radius 1 is 1.24 bits per heavy atom. The van der Waals surface area contributed by atoms with Crippen molar-refractivity contribution < 1.29 is 0 Å². The normalized spacial score (nSPS) is 17.1. The van der Waals surface area contributed by atoms with Gasteiger partial charge in [-0.3, -0.25) is 0 Å². The molecule has 0 aliphatic heterocycles. The molecule has 2 rings (SSSR count). The molecule has 0 N–H and O–H groups in total. The minimum absolute atomic E-state index is 0.748. The SMILES string of the molecule is Cc1cc(N(C)C2CCCCC2)ccc1CBr. The van der Waals surface area contributed by atoms with Gasteiger partial charge in [0, 0.05) is 24.1 Å². The zero-order valence-corrected chi connectivity index (χ0v) is 12.5. The van der Waals surface area contributed by atoms with Crippen LogP contribution in [0.5, 0.6) is 0 Å². The van der Waals surface area contributed by atoms with E-state index >= 15 is 0 Å². The zero-order chi connectivity index (χ0) is 12.3. The molecule has 1 saturated carbocycles. The van der Waals surface area contributed by atoms with Gasteiger partial charge in [0.25, 0.3) is 0 Å². The monoisotopic (exact) mass is 295 g/mol. The first-order chi connectivity index (χ1) is 8.22. The fourth-order valence-corrected chi connectivity index (χ4v) is 3.36. The lowest BCUT2D eigenvalue weighted by Crippen LogP contribution is -2.33. The number of benzene rings is 1. The second-order valence-corrected chi connectivity index (χ2v) is 5.71. The maximum atomic E-state index is 3.53. The molecule has 2 heteroatoms. The van der Waals surface area contributed by atoms with Gasteiger partial charge in [-0.05, 0) is 43.0 Å². The van der Waals surface area contributed by atoms with Crippen LogP contribution in [0.4, 0.5) is 5.69 Å². The number of aryl methyl sites for hydroxylation is 1. The average Bonchev–Trinajstić information content (AvgIpc) is 2.39. The first-order valence-corrected chi connectivity index (χ1v) is 7.73. The van der Waals surface area contributed by atoms with Crippen molar-refractivity contribution in [2.45, 2.75) is 50.4 Å². The van der Waals surface area contributed by atoms with E-state index < -0.39 is 0 Å². The summed E-state index contributed by atoms with van der Waals surface area (Å²) in [5.74, 6) is 0. The third kappa shape index (κ3) is 3.04. The molecule has 0 aromatic heterocycles. The summed E-state index contributed by atoms with van der Waals surface area (Å²) in [7, 11) is 2.25. The first kappa shape index (κ1) is 12.9. The van der Waals surface area contributed by atoms with E-state index in [4.69, 9.17) is 0 Å². The quantitative estimate of drug-likeness (QED) is 0.733. The molecule has 1 aromatic rings. The van der Waals surface area contributed by atoms with E-state index in [2.05, 4.69) is 53.0 Å². The molecule has 1 aliphatic rings. The number of halogens is 1. The Labute approximate surface area is 113 Å². The van der Waals surface area contributed by atoms with Gasteiger partial charge in [-0.2, -0.15) is 0 Å². The van der Waals surface area contributed by atoms with Gasteiger partial charge in [0.05, 0.1) is 0 Å². The minimum atomic E-state index is 0.748. The lowest BCUT2D eigenvalue weighted by molar-refractivity contribution is 0.427. The molecule has 0 heterocycles. The van der Waals surface area contributed by atoms with Crippen LogP contribution < -0.4 is 4.90 Å². The average molecular weight is 296 g/mol. The number of rotatable bonds is 3. The molecule has 17 heavy (non-hydrogen) atoms. The summed E-state index contributed by atoms with van der Waals surface area (Å²) >= 11 is 3.53. The molecule has 0 saturated heterocycles. The summed E-state index contributed by atoms with van der Waals surface area (Å²) in [5.41, 5.74) is 4.16. The van der Waals surface area contributed by atoms with Gasteiger partial charge in [0.1, 0.15) is 0 Å². The number of alkyl halides is 1. The topological polar surface area (TPSA) is 3.24 Å². The molecule has 1 aliphatic carbocycles. The number of nitrogens with zero attached hydrogens (tertiary/aromatic N) is 1. The van der Waals surface area contributed by atoms with Gasteiger partial charge in [-0.25, -0.2) is 0 Å². The lowest BCUT2D eigenvalue weighted by Gasteiger charge is -2.33. The Morgan fingerprint density at radius 2 is 1.94 bits per heavy atom. The van der Waals surface area contributed by atoms with Crippen molar-refractivity contribution in [3.05, 3.63) is 29.3 Å². The molecule has 1 aromatic carbocycles. The highest BCUT2D eigenvalue weighted by Crippen LogP contribution is 2.27. The van der Waals surface area contributed by atoms with Gasteiger partial charge in [-0.1, -0.05) is 41.3 Å². The maximum Gasteiger partial charge on any atom is 0.0368 e. The van der Waals surface area contributed by atoms with Crippen LogP contribution in [0, 0.1) is 6.92 Å². The summed E-state index contributed by atoms with van der Waals surface area (Å²) in [6, 6.07) is 7.58. The smallest absolute Gasteiger partial charge is 0.0368 e. The molecule has 1 fully saturated rings. The molecule has 0 radical (unpaired) electrons. The molecular formula is C15H22BrN. The van der Waals surface area contributed by atoms with Gasteiger partial charge in [0.15, 0.2) is 0 Å². The maximum absolute atomic E-state index is 3.53. The Hall–Kier alpha value is -0.500. The van der Waals surface area contributed by atoms with Crippen LogP contribution in [0.2, 0.25) is 0 Å². The van der Waals surface area contributed by atoms with Crippen LogP contribution in [0.1, 0.15) is 43.2 Å². The van der Waals surface area contributed by atoms with Gasteiger partial charge in [-0.15, -0.1) is 0 Å². The van der Waals surface area contributed by atoms with Crippen molar-refractivity contribution in [2.75, 3.05) is 11.9 Å². The van der Waals surface area contributed by atoms with E-state index in [1.165, 1.54) is 48.9 Å². The molecule has 0 unspecified atom stereocenters. The third-order valence-corrected chi connectivity index (χ3v) is 4.60. The molecule has 0 spiro atoms. The molecule has 0 atom stereocenters. The molecule has 0 bridgehead atoms. The molecule has 1 nitrogen and oxygen atoms in total. The molecular weight excluding hydrogens is 274 g/mol. The van der Waals surface area contributed by atoms with Crippen LogP contribution >= 0.6 is 15.9 Å². The van der Waals surface area contributed by atoms with E-state index in [0.717, 1.165) is 11.4 Å². The predicted octanol–water partition coefficient (Wildman–Crippen LogP) is 4.66. The summed E-state index contributed by atoms with van der Waals surface area (Å²) in [6.45, 7) is 2.20. The van der Waals surface area contributed by atoms with E-state index in [-0.39, 0.29) is 0 Å². The minimum Gasteiger partial charge on any atom is -0.372 e. The fourth-order valence-electron chi connectivity index (χ4n) is 2.73. The Kier molecular flexibility index (Phi) is 4.49. The van der Waals surface area contributed by atoms with Crippen LogP contribution in [0.25, 0.3) is 0 Å². The van der Waals surface area contributed by atoms with E-state index in [9.17, 15) is 0 Å². The first-order valence-electron chi connectivity index (χ1n) is 6.60. The summed E-state index contributed by atoms with van der Waals surface area (Å²) < 4.78 is 0. The highest BCUT2D eigenvalue weighted by Gasteiger charge is 2.18. The highest BCUT2D eigenvalue weighted by atomic mass is 79.9. The van der Waals surface area contributed by atoms with Crippen molar-refractivity contribution in [3.8, 4) is 0 Å². The predicted molar refractivity (Wildman–Crippen MR) is 79.1 cm³/mol. The second kappa shape index (κ2) is 5.90. The van der Waals surface area contributed by atoms with Crippen LogP contribution in [-0.2, 0) is 5.33 Å². The second-order valence-electron chi connectivity index (χ2n) is 5.15. The summed E-state index contributed by atoms with van der Waals surface area (Å²) in [5, 5.41) is 0.951. The van der Waals surface area contributed by atoms with Crippen molar-refractivity contribution in [1.29, 1.82) is 0 Å². The standard InChI is InChI=1S/C15H22BrN/c1-12-10-15(9-8-13(12)11-16)17(2)14-6-4-3-5-7-14/h8-10,14H,3-7,11H2,1-2H3. The Morgan fingerprint density at radius 3 is 2.53 bits per heavy atom. The summed E-state index contributed by atoms with van der Waals surface area (Å²) in [4.78, 5) is 2.48. The Bertz CT molecular complexity index is 369.